The van der Waals surface area contributed by atoms with E-state index in [2.05, 4.69) is 20.4 Å². The second-order valence-electron chi connectivity index (χ2n) is 6.14. The van der Waals surface area contributed by atoms with Crippen LogP contribution in [0.1, 0.15) is 43.6 Å². The standard InChI is InChI=1S/C15H19N5O/c1-10-8-16-9-18-12(10)13-19-14(21-20-13)15-5-3-2-4-11(15)17-7-6-15/h8-9,11,17H,2-7H2,1H3/t11-,15+/m0/s1. The lowest BCUT2D eigenvalue weighted by Crippen LogP contribution is -2.43. The van der Waals surface area contributed by atoms with E-state index in [0.29, 0.717) is 11.9 Å². The summed E-state index contributed by atoms with van der Waals surface area (Å²) in [6.07, 6.45) is 9.24. The minimum absolute atomic E-state index is 0.0322. The van der Waals surface area contributed by atoms with E-state index >= 15 is 0 Å². The molecule has 1 N–H and O–H groups in total. The lowest BCUT2D eigenvalue weighted by atomic mass is 9.70. The maximum atomic E-state index is 5.66. The van der Waals surface area contributed by atoms with Crippen LogP contribution >= 0.6 is 0 Å². The summed E-state index contributed by atoms with van der Waals surface area (Å²) in [6, 6.07) is 0.478. The van der Waals surface area contributed by atoms with Crippen molar-refractivity contribution in [3.63, 3.8) is 0 Å². The quantitative estimate of drug-likeness (QED) is 0.909. The Hall–Kier alpha value is -1.82. The maximum Gasteiger partial charge on any atom is 0.234 e. The number of aryl methyl sites for hydroxylation is 1. The molecule has 2 fully saturated rings. The van der Waals surface area contributed by atoms with Gasteiger partial charge in [-0.1, -0.05) is 18.0 Å². The Morgan fingerprint density at radius 2 is 2.29 bits per heavy atom. The highest BCUT2D eigenvalue weighted by atomic mass is 16.5. The molecule has 0 bridgehead atoms. The molecule has 1 saturated carbocycles. The van der Waals surface area contributed by atoms with Gasteiger partial charge < -0.3 is 9.84 Å². The first-order valence-electron chi connectivity index (χ1n) is 7.64. The predicted octanol–water partition coefficient (Wildman–Crippen LogP) is 2.01. The molecule has 3 heterocycles. The minimum atomic E-state index is 0.0322. The van der Waals surface area contributed by atoms with Crippen molar-refractivity contribution in [2.24, 2.45) is 0 Å². The van der Waals surface area contributed by atoms with Gasteiger partial charge in [-0.2, -0.15) is 4.98 Å². The van der Waals surface area contributed by atoms with Crippen LogP contribution in [0.4, 0.5) is 0 Å². The van der Waals surface area contributed by atoms with E-state index in [4.69, 9.17) is 9.51 Å². The summed E-state index contributed by atoms with van der Waals surface area (Å²) in [7, 11) is 0. The van der Waals surface area contributed by atoms with E-state index in [1.54, 1.807) is 6.20 Å². The van der Waals surface area contributed by atoms with Gasteiger partial charge in [0.05, 0.1) is 5.41 Å². The van der Waals surface area contributed by atoms with E-state index < -0.39 is 0 Å². The number of aromatic nitrogens is 4. The third-order valence-corrected chi connectivity index (χ3v) is 4.95. The van der Waals surface area contributed by atoms with Crippen LogP contribution in [0.5, 0.6) is 0 Å². The van der Waals surface area contributed by atoms with Crippen molar-refractivity contribution < 1.29 is 4.52 Å². The van der Waals surface area contributed by atoms with Crippen molar-refractivity contribution in [3.8, 4) is 11.5 Å². The fourth-order valence-electron chi connectivity index (χ4n) is 3.82. The van der Waals surface area contributed by atoms with Crippen molar-refractivity contribution in [2.75, 3.05) is 6.54 Å². The first-order valence-corrected chi connectivity index (χ1v) is 7.64. The summed E-state index contributed by atoms with van der Waals surface area (Å²) in [5, 5.41) is 7.78. The van der Waals surface area contributed by atoms with Crippen LogP contribution in [-0.2, 0) is 5.41 Å². The van der Waals surface area contributed by atoms with Crippen LogP contribution in [0.2, 0.25) is 0 Å². The fourth-order valence-corrected chi connectivity index (χ4v) is 3.82. The van der Waals surface area contributed by atoms with Gasteiger partial charge in [-0.15, -0.1) is 0 Å². The molecule has 21 heavy (non-hydrogen) atoms. The number of nitrogens with one attached hydrogen (secondary N) is 1. The zero-order chi connectivity index (χ0) is 14.3. The second-order valence-corrected chi connectivity index (χ2v) is 6.14. The number of hydrogen-bond donors (Lipinski definition) is 1. The molecule has 0 spiro atoms. The van der Waals surface area contributed by atoms with Gasteiger partial charge in [0.25, 0.3) is 0 Å². The van der Waals surface area contributed by atoms with E-state index in [0.717, 1.165) is 36.5 Å². The average molecular weight is 285 g/mol. The smallest absolute Gasteiger partial charge is 0.234 e. The van der Waals surface area contributed by atoms with E-state index in [1.807, 2.05) is 6.92 Å². The highest BCUT2D eigenvalue weighted by Gasteiger charge is 2.49. The SMILES string of the molecule is Cc1cncnc1-c1noc([C@@]23CCCC[C@@H]2NCC3)n1. The molecule has 0 amide bonds. The maximum absolute atomic E-state index is 5.66. The topological polar surface area (TPSA) is 76.7 Å². The molecule has 2 aromatic heterocycles. The Morgan fingerprint density at radius 1 is 1.33 bits per heavy atom. The Morgan fingerprint density at radius 3 is 3.19 bits per heavy atom. The molecule has 0 radical (unpaired) electrons. The van der Waals surface area contributed by atoms with Crippen molar-refractivity contribution in [2.45, 2.75) is 50.5 Å². The number of fused-ring (bicyclic) bond motifs is 1. The van der Waals surface area contributed by atoms with Crippen molar-refractivity contribution in [1.29, 1.82) is 0 Å². The van der Waals surface area contributed by atoms with Crippen molar-refractivity contribution in [1.82, 2.24) is 25.4 Å². The Labute approximate surface area is 123 Å². The largest absolute Gasteiger partial charge is 0.338 e. The van der Waals surface area contributed by atoms with Gasteiger partial charge in [0.15, 0.2) is 0 Å². The first-order chi connectivity index (χ1) is 10.3. The molecule has 4 rings (SSSR count). The Kier molecular flexibility index (Phi) is 2.99. The van der Waals surface area contributed by atoms with Crippen LogP contribution in [0.3, 0.4) is 0 Å². The highest BCUT2D eigenvalue weighted by Crippen LogP contribution is 2.44. The summed E-state index contributed by atoms with van der Waals surface area (Å²) in [5.41, 5.74) is 1.76. The lowest BCUT2D eigenvalue weighted by Gasteiger charge is -2.35. The van der Waals surface area contributed by atoms with Crippen molar-refractivity contribution in [3.05, 3.63) is 24.0 Å². The summed E-state index contributed by atoms with van der Waals surface area (Å²) in [6.45, 7) is 3.00. The molecule has 6 nitrogen and oxygen atoms in total. The zero-order valence-corrected chi connectivity index (χ0v) is 12.2. The van der Waals surface area contributed by atoms with Gasteiger partial charge in [-0.3, -0.25) is 0 Å². The first kappa shape index (κ1) is 12.9. The summed E-state index contributed by atoms with van der Waals surface area (Å²) >= 11 is 0. The van der Waals surface area contributed by atoms with E-state index in [1.165, 1.54) is 25.6 Å². The molecule has 6 heteroatoms. The Balaban J connectivity index is 1.73. The predicted molar refractivity (Wildman–Crippen MR) is 76.6 cm³/mol. The van der Waals surface area contributed by atoms with Crippen LogP contribution < -0.4 is 5.32 Å². The zero-order valence-electron chi connectivity index (χ0n) is 12.2. The molecular formula is C15H19N5O. The highest BCUT2D eigenvalue weighted by molar-refractivity contribution is 5.52. The van der Waals surface area contributed by atoms with Crippen LogP contribution in [0.15, 0.2) is 17.0 Å². The monoisotopic (exact) mass is 285 g/mol. The van der Waals surface area contributed by atoms with Gasteiger partial charge in [-0.05, 0) is 38.3 Å². The Bertz CT molecular complexity index is 655. The molecule has 1 aliphatic carbocycles. The molecular weight excluding hydrogens is 266 g/mol. The van der Waals surface area contributed by atoms with Crippen LogP contribution in [-0.4, -0.2) is 32.7 Å². The van der Waals surface area contributed by atoms with Gasteiger partial charge >= 0.3 is 0 Å². The van der Waals surface area contributed by atoms with Gasteiger partial charge in [0.2, 0.25) is 11.7 Å². The summed E-state index contributed by atoms with van der Waals surface area (Å²) in [4.78, 5) is 13.0. The van der Waals surface area contributed by atoms with Gasteiger partial charge in [0.1, 0.15) is 12.0 Å². The summed E-state index contributed by atoms with van der Waals surface area (Å²) < 4.78 is 5.66. The fraction of sp³-hybridized carbons (Fsp3) is 0.600. The van der Waals surface area contributed by atoms with Crippen LogP contribution in [0.25, 0.3) is 11.5 Å². The average Bonchev–Trinajstić information content (AvgIpc) is 3.15. The molecule has 2 aliphatic rings. The molecule has 110 valence electrons. The molecule has 1 aliphatic heterocycles. The van der Waals surface area contributed by atoms with Gasteiger partial charge in [0, 0.05) is 12.2 Å². The molecule has 2 aromatic rings. The molecule has 2 atom stereocenters. The second kappa shape index (κ2) is 4.87. The van der Waals surface area contributed by atoms with Crippen molar-refractivity contribution >= 4 is 0 Å². The number of hydrogen-bond acceptors (Lipinski definition) is 6. The number of nitrogens with zero attached hydrogens (tertiary/aromatic N) is 4. The van der Waals surface area contributed by atoms with Crippen LogP contribution in [0, 0.1) is 6.92 Å². The van der Waals surface area contributed by atoms with E-state index in [9.17, 15) is 0 Å². The third kappa shape index (κ3) is 1.97. The summed E-state index contributed by atoms with van der Waals surface area (Å²) in [5.74, 6) is 1.36. The molecule has 0 unspecified atom stereocenters. The normalized spacial score (nSPS) is 28.5. The van der Waals surface area contributed by atoms with Gasteiger partial charge in [-0.25, -0.2) is 9.97 Å². The minimum Gasteiger partial charge on any atom is -0.338 e. The lowest BCUT2D eigenvalue weighted by molar-refractivity contribution is 0.199. The third-order valence-electron chi connectivity index (χ3n) is 4.95. The number of rotatable bonds is 2. The molecule has 1 saturated heterocycles. The van der Waals surface area contributed by atoms with E-state index in [-0.39, 0.29) is 5.41 Å². The molecule has 0 aromatic carbocycles.